The quantitative estimate of drug-likeness (QED) is 0.789. The fourth-order valence-corrected chi connectivity index (χ4v) is 3.68. The first-order valence-corrected chi connectivity index (χ1v) is 8.11. The van der Waals surface area contributed by atoms with E-state index in [-0.39, 0.29) is 5.91 Å². The Morgan fingerprint density at radius 1 is 1.40 bits per heavy atom. The zero-order valence-corrected chi connectivity index (χ0v) is 13.3. The fourth-order valence-electron chi connectivity index (χ4n) is 1.49. The number of nitrogens with one attached hydrogen (secondary N) is 1. The lowest BCUT2D eigenvalue weighted by Crippen LogP contribution is -2.21. The highest BCUT2D eigenvalue weighted by molar-refractivity contribution is 9.10. The molecule has 0 radical (unpaired) electrons. The molecule has 0 fully saturated rings. The van der Waals surface area contributed by atoms with Gasteiger partial charge in [-0.1, -0.05) is 0 Å². The number of carboxylic acid groups (broad SMARTS) is 1. The molecule has 0 unspecified atom stereocenters. The van der Waals surface area contributed by atoms with Crippen molar-refractivity contribution in [1.29, 1.82) is 0 Å². The summed E-state index contributed by atoms with van der Waals surface area (Å²) in [5, 5.41) is 15.1. The van der Waals surface area contributed by atoms with Crippen molar-refractivity contribution in [1.82, 2.24) is 5.32 Å². The Morgan fingerprint density at radius 3 is 2.85 bits per heavy atom. The topological polar surface area (TPSA) is 66.4 Å². The van der Waals surface area contributed by atoms with Gasteiger partial charge < -0.3 is 10.4 Å². The molecule has 2 aromatic heterocycles. The van der Waals surface area contributed by atoms with Crippen LogP contribution in [0, 0.1) is 0 Å². The minimum atomic E-state index is -1.04. The van der Waals surface area contributed by atoms with Crippen molar-refractivity contribution in [2.45, 2.75) is 6.54 Å². The average molecular weight is 372 g/mol. The number of carboxylic acids is 1. The van der Waals surface area contributed by atoms with E-state index < -0.39 is 5.97 Å². The number of rotatable bonds is 5. The summed E-state index contributed by atoms with van der Waals surface area (Å²) in [6, 6.07) is 3.67. The van der Waals surface area contributed by atoms with Crippen LogP contribution in [0.2, 0.25) is 0 Å². The maximum Gasteiger partial charge on any atom is 0.328 e. The molecule has 0 aliphatic rings. The summed E-state index contributed by atoms with van der Waals surface area (Å²) in [4.78, 5) is 24.1. The molecule has 0 bridgehead atoms. The molecule has 4 nitrogen and oxygen atoms in total. The number of amides is 1. The van der Waals surface area contributed by atoms with Gasteiger partial charge in [0.15, 0.2) is 0 Å². The number of thiophene rings is 2. The Hall–Kier alpha value is -1.44. The molecule has 0 spiro atoms. The Balaban J connectivity index is 2.02. The summed E-state index contributed by atoms with van der Waals surface area (Å²) < 4.78 is 0.993. The summed E-state index contributed by atoms with van der Waals surface area (Å²) in [7, 11) is 0. The van der Waals surface area contributed by atoms with Crippen molar-refractivity contribution in [3.63, 3.8) is 0 Å². The Morgan fingerprint density at radius 2 is 2.20 bits per heavy atom. The molecule has 104 valence electrons. The molecule has 0 aromatic carbocycles. The van der Waals surface area contributed by atoms with E-state index in [2.05, 4.69) is 21.2 Å². The largest absolute Gasteiger partial charge is 0.478 e. The monoisotopic (exact) mass is 371 g/mol. The molecule has 0 saturated heterocycles. The van der Waals surface area contributed by atoms with Gasteiger partial charge in [-0.25, -0.2) is 4.79 Å². The van der Waals surface area contributed by atoms with Gasteiger partial charge in [-0.3, -0.25) is 4.79 Å². The van der Waals surface area contributed by atoms with E-state index in [0.717, 1.165) is 15.4 Å². The molecular formula is C13H10BrNO3S2. The normalized spacial score (nSPS) is 10.8. The lowest BCUT2D eigenvalue weighted by atomic mass is 10.2. The van der Waals surface area contributed by atoms with Crippen molar-refractivity contribution in [3.8, 4) is 0 Å². The third kappa shape index (κ3) is 4.03. The Kier molecular flexibility index (Phi) is 5.11. The highest BCUT2D eigenvalue weighted by Crippen LogP contribution is 2.21. The van der Waals surface area contributed by atoms with Crippen LogP contribution in [0.1, 0.15) is 20.1 Å². The number of hydrogen-bond donors (Lipinski definition) is 2. The molecule has 0 saturated carbocycles. The van der Waals surface area contributed by atoms with Gasteiger partial charge in [-0.05, 0) is 45.1 Å². The highest BCUT2D eigenvalue weighted by Gasteiger charge is 2.11. The van der Waals surface area contributed by atoms with Gasteiger partial charge in [0.2, 0.25) is 0 Å². The molecule has 2 N–H and O–H groups in total. The van der Waals surface area contributed by atoms with E-state index >= 15 is 0 Å². The van der Waals surface area contributed by atoms with Gasteiger partial charge in [0, 0.05) is 20.8 Å². The maximum absolute atomic E-state index is 12.1. The number of carbonyl (C=O) groups is 2. The molecule has 2 heterocycles. The molecule has 0 aliphatic carbocycles. The minimum absolute atomic E-state index is 0.199. The number of aliphatic carboxylic acids is 1. The average Bonchev–Trinajstić information content (AvgIpc) is 3.02. The smallest absolute Gasteiger partial charge is 0.328 e. The predicted octanol–water partition coefficient (Wildman–Crippen LogP) is 3.60. The summed E-state index contributed by atoms with van der Waals surface area (Å²) in [6.45, 7) is 0.453. The first-order valence-electron chi connectivity index (χ1n) is 5.56. The standard InChI is InChI=1S/C13H10BrNO3S2/c14-9-5-10(20-7-9)6-15-13(18)12-8(3-4-19-12)1-2-11(16)17/h1-5,7H,6H2,(H,15,18)(H,16,17). The SMILES string of the molecule is O=C(O)C=Cc1ccsc1C(=O)NCc1cc(Br)cs1. The van der Waals surface area contributed by atoms with Gasteiger partial charge in [0.1, 0.15) is 0 Å². The first kappa shape index (κ1) is 15.0. The van der Waals surface area contributed by atoms with Crippen LogP contribution in [-0.2, 0) is 11.3 Å². The fraction of sp³-hybridized carbons (Fsp3) is 0.0769. The number of carbonyl (C=O) groups excluding carboxylic acids is 1. The molecule has 20 heavy (non-hydrogen) atoms. The van der Waals surface area contributed by atoms with E-state index in [9.17, 15) is 9.59 Å². The molecule has 0 atom stereocenters. The second-order valence-electron chi connectivity index (χ2n) is 3.79. The van der Waals surface area contributed by atoms with Gasteiger partial charge in [-0.2, -0.15) is 0 Å². The van der Waals surface area contributed by atoms with E-state index in [1.54, 1.807) is 22.8 Å². The summed E-state index contributed by atoms with van der Waals surface area (Å²) in [5.74, 6) is -1.24. The van der Waals surface area contributed by atoms with Crippen LogP contribution >= 0.6 is 38.6 Å². The summed E-state index contributed by atoms with van der Waals surface area (Å²) in [6.07, 6.45) is 2.45. The Labute approximate surface area is 131 Å². The van der Waals surface area contributed by atoms with Gasteiger partial charge >= 0.3 is 5.97 Å². The van der Waals surface area contributed by atoms with Crippen LogP contribution in [0.3, 0.4) is 0 Å². The second-order valence-corrected chi connectivity index (χ2v) is 6.62. The van der Waals surface area contributed by atoms with E-state index in [0.29, 0.717) is 17.0 Å². The molecule has 0 aliphatic heterocycles. The van der Waals surface area contributed by atoms with Crippen molar-refractivity contribution in [2.24, 2.45) is 0 Å². The van der Waals surface area contributed by atoms with Crippen molar-refractivity contribution in [2.75, 3.05) is 0 Å². The highest BCUT2D eigenvalue weighted by atomic mass is 79.9. The third-order valence-corrected chi connectivity index (χ3v) is 4.98. The zero-order chi connectivity index (χ0) is 14.5. The maximum atomic E-state index is 12.1. The lowest BCUT2D eigenvalue weighted by molar-refractivity contribution is -0.131. The molecular weight excluding hydrogens is 362 g/mol. The number of hydrogen-bond acceptors (Lipinski definition) is 4. The number of halogens is 1. The van der Waals surface area contributed by atoms with Crippen LogP contribution in [-0.4, -0.2) is 17.0 Å². The third-order valence-electron chi connectivity index (χ3n) is 2.35. The van der Waals surface area contributed by atoms with Crippen LogP contribution in [0.5, 0.6) is 0 Å². The summed E-state index contributed by atoms with van der Waals surface area (Å²) >= 11 is 6.20. The van der Waals surface area contributed by atoms with Gasteiger partial charge in [0.05, 0.1) is 11.4 Å². The zero-order valence-electron chi connectivity index (χ0n) is 10.1. The molecule has 7 heteroatoms. The van der Waals surface area contributed by atoms with E-state index in [1.165, 1.54) is 17.4 Å². The molecule has 1 amide bonds. The van der Waals surface area contributed by atoms with Crippen molar-refractivity contribution < 1.29 is 14.7 Å². The van der Waals surface area contributed by atoms with Crippen LogP contribution in [0.25, 0.3) is 6.08 Å². The Bertz CT molecular complexity index is 660. The second kappa shape index (κ2) is 6.83. The first-order chi connectivity index (χ1) is 9.56. The van der Waals surface area contributed by atoms with Gasteiger partial charge in [0.25, 0.3) is 5.91 Å². The van der Waals surface area contributed by atoms with E-state index in [4.69, 9.17) is 5.11 Å². The molecule has 2 rings (SSSR count). The summed E-state index contributed by atoms with van der Waals surface area (Å²) in [5.41, 5.74) is 0.613. The predicted molar refractivity (Wildman–Crippen MR) is 84.2 cm³/mol. The van der Waals surface area contributed by atoms with Crippen LogP contribution < -0.4 is 5.32 Å². The van der Waals surface area contributed by atoms with Crippen LogP contribution in [0.15, 0.2) is 33.4 Å². The molecule has 2 aromatic rings. The van der Waals surface area contributed by atoms with Crippen molar-refractivity contribution >= 4 is 56.6 Å². The lowest BCUT2D eigenvalue weighted by Gasteiger charge is -2.02. The van der Waals surface area contributed by atoms with Crippen molar-refractivity contribution in [3.05, 3.63) is 48.8 Å². The van der Waals surface area contributed by atoms with Crippen LogP contribution in [0.4, 0.5) is 0 Å². The van der Waals surface area contributed by atoms with Gasteiger partial charge in [-0.15, -0.1) is 22.7 Å². The minimum Gasteiger partial charge on any atom is -0.478 e. The van der Waals surface area contributed by atoms with E-state index in [1.807, 2.05) is 11.4 Å².